The molecule has 126 valence electrons. The Labute approximate surface area is 140 Å². The maximum Gasteiger partial charge on any atom is 0.365 e. The van der Waals surface area contributed by atoms with Gasteiger partial charge in [-0.1, -0.05) is 49.3 Å². The van der Waals surface area contributed by atoms with Crippen LogP contribution in [0.3, 0.4) is 0 Å². The molecule has 0 spiro atoms. The van der Waals surface area contributed by atoms with Gasteiger partial charge in [0.1, 0.15) is 0 Å². The molecule has 6 nitrogen and oxygen atoms in total. The number of methoxy groups -OCH3 is 1. The maximum atomic E-state index is 11.7. The first-order valence-corrected chi connectivity index (χ1v) is 7.40. The number of benzene rings is 2. The maximum absolute atomic E-state index is 11.7. The molecule has 0 saturated heterocycles. The van der Waals surface area contributed by atoms with Gasteiger partial charge in [-0.2, -0.15) is 0 Å². The van der Waals surface area contributed by atoms with Gasteiger partial charge in [-0.15, -0.1) is 0 Å². The van der Waals surface area contributed by atoms with Crippen molar-refractivity contribution in [2.75, 3.05) is 7.11 Å². The molecule has 2 aromatic carbocycles. The Kier molecular flexibility index (Phi) is 7.70. The zero-order chi connectivity index (χ0) is 17.9. The Morgan fingerprint density at radius 2 is 1.46 bits per heavy atom. The number of amidine groups is 1. The van der Waals surface area contributed by atoms with Crippen LogP contribution in [0, 0.1) is 0 Å². The molecule has 0 saturated carbocycles. The van der Waals surface area contributed by atoms with Crippen LogP contribution in [0.2, 0.25) is 0 Å². The monoisotopic (exact) mass is 328 g/mol. The summed E-state index contributed by atoms with van der Waals surface area (Å²) in [6.07, 6.45) is 0. The fourth-order valence-electron chi connectivity index (χ4n) is 1.69. The minimum Gasteiger partial charge on any atom is -0.465 e. The standard InChI is InChI=1S/C16H14N2O4.C2H6/c1-21-15(19)13-9-5-8-12(10-13)14(17)18-22-16(20)11-6-3-2-4-7-11;1-2/h2-10H,1H3,(H2,17,18);1-2H3. The van der Waals surface area contributed by atoms with Gasteiger partial charge in [0.2, 0.25) is 0 Å². The molecule has 0 radical (unpaired) electrons. The molecule has 0 atom stereocenters. The Morgan fingerprint density at radius 3 is 2.08 bits per heavy atom. The lowest BCUT2D eigenvalue weighted by molar-refractivity contribution is 0.0515. The Morgan fingerprint density at radius 1 is 0.875 bits per heavy atom. The highest BCUT2D eigenvalue weighted by atomic mass is 16.7. The average molecular weight is 328 g/mol. The van der Waals surface area contributed by atoms with E-state index in [0.29, 0.717) is 16.7 Å². The molecule has 24 heavy (non-hydrogen) atoms. The third-order valence-corrected chi connectivity index (χ3v) is 2.82. The van der Waals surface area contributed by atoms with Crippen molar-refractivity contribution in [2.24, 2.45) is 10.9 Å². The Hall–Kier alpha value is -3.15. The lowest BCUT2D eigenvalue weighted by Crippen LogP contribution is -2.16. The van der Waals surface area contributed by atoms with Crippen molar-refractivity contribution < 1.29 is 19.2 Å². The molecule has 0 heterocycles. The van der Waals surface area contributed by atoms with Crippen LogP contribution >= 0.6 is 0 Å². The van der Waals surface area contributed by atoms with Gasteiger partial charge in [-0.05, 0) is 24.3 Å². The zero-order valence-corrected chi connectivity index (χ0v) is 13.9. The lowest BCUT2D eigenvalue weighted by Gasteiger charge is -2.03. The number of carbonyl (C=O) groups is 2. The molecule has 2 N–H and O–H groups in total. The van der Waals surface area contributed by atoms with Gasteiger partial charge < -0.3 is 15.3 Å². The van der Waals surface area contributed by atoms with E-state index in [9.17, 15) is 9.59 Å². The molecule has 6 heteroatoms. The minimum absolute atomic E-state index is 0.0185. The largest absolute Gasteiger partial charge is 0.465 e. The summed E-state index contributed by atoms with van der Waals surface area (Å²) in [5.41, 5.74) is 6.89. The highest BCUT2D eigenvalue weighted by molar-refractivity contribution is 6.00. The third-order valence-electron chi connectivity index (χ3n) is 2.82. The van der Waals surface area contributed by atoms with E-state index < -0.39 is 11.9 Å². The number of hydrogen-bond acceptors (Lipinski definition) is 5. The molecule has 0 aliphatic rings. The van der Waals surface area contributed by atoms with Gasteiger partial charge in [-0.3, -0.25) is 0 Å². The number of nitrogens with zero attached hydrogens (tertiary/aromatic N) is 1. The molecule has 0 unspecified atom stereocenters. The van der Waals surface area contributed by atoms with E-state index >= 15 is 0 Å². The van der Waals surface area contributed by atoms with Crippen molar-refractivity contribution in [1.82, 2.24) is 0 Å². The quantitative estimate of drug-likeness (QED) is 0.306. The second-order valence-electron chi connectivity index (χ2n) is 4.29. The topological polar surface area (TPSA) is 91.0 Å². The number of esters is 1. The number of carbonyl (C=O) groups excluding carboxylic acids is 2. The summed E-state index contributed by atoms with van der Waals surface area (Å²) in [5, 5.41) is 3.59. The van der Waals surface area contributed by atoms with Crippen molar-refractivity contribution in [2.45, 2.75) is 13.8 Å². The average Bonchev–Trinajstić information content (AvgIpc) is 2.67. The van der Waals surface area contributed by atoms with Gasteiger partial charge >= 0.3 is 11.9 Å². The summed E-state index contributed by atoms with van der Waals surface area (Å²) in [6.45, 7) is 4.00. The van der Waals surface area contributed by atoms with Crippen LogP contribution in [0.25, 0.3) is 0 Å². The summed E-state index contributed by atoms with van der Waals surface area (Å²) in [6, 6.07) is 14.8. The van der Waals surface area contributed by atoms with E-state index in [1.165, 1.54) is 13.2 Å². The van der Waals surface area contributed by atoms with Crippen LogP contribution < -0.4 is 5.73 Å². The first kappa shape index (κ1) is 18.9. The van der Waals surface area contributed by atoms with Crippen LogP contribution in [0.4, 0.5) is 0 Å². The SMILES string of the molecule is CC.COC(=O)c1cccc(/C(N)=N/OC(=O)c2ccccc2)c1. The Bertz CT molecular complexity index is 712. The number of oxime groups is 1. The summed E-state index contributed by atoms with van der Waals surface area (Å²) in [7, 11) is 1.29. The van der Waals surface area contributed by atoms with Crippen molar-refractivity contribution in [3.8, 4) is 0 Å². The fraction of sp³-hybridized carbons (Fsp3) is 0.167. The molecule has 0 bridgehead atoms. The van der Waals surface area contributed by atoms with E-state index in [1.807, 2.05) is 13.8 Å². The predicted octanol–water partition coefficient (Wildman–Crippen LogP) is 2.98. The third kappa shape index (κ3) is 5.24. The Balaban J connectivity index is 0.00000139. The smallest absolute Gasteiger partial charge is 0.365 e. The van der Waals surface area contributed by atoms with Gasteiger partial charge in [0.05, 0.1) is 18.2 Å². The summed E-state index contributed by atoms with van der Waals surface area (Å²) >= 11 is 0. The first-order valence-electron chi connectivity index (χ1n) is 7.40. The molecule has 0 amide bonds. The van der Waals surface area contributed by atoms with Crippen LogP contribution in [-0.4, -0.2) is 24.9 Å². The molecule has 0 aliphatic heterocycles. The molecular formula is C18H20N2O4. The van der Waals surface area contributed by atoms with Crippen molar-refractivity contribution in [1.29, 1.82) is 0 Å². The summed E-state index contributed by atoms with van der Waals surface area (Å²) in [5.74, 6) is -1.13. The molecule has 0 aromatic heterocycles. The van der Waals surface area contributed by atoms with Crippen LogP contribution in [0.1, 0.15) is 40.1 Å². The van der Waals surface area contributed by atoms with Gasteiger partial charge in [-0.25, -0.2) is 9.59 Å². The highest BCUT2D eigenvalue weighted by Gasteiger charge is 2.09. The summed E-state index contributed by atoms with van der Waals surface area (Å²) < 4.78 is 4.62. The van der Waals surface area contributed by atoms with E-state index in [4.69, 9.17) is 10.6 Å². The second kappa shape index (κ2) is 9.78. The van der Waals surface area contributed by atoms with Crippen LogP contribution in [0.15, 0.2) is 59.8 Å². The van der Waals surface area contributed by atoms with E-state index in [-0.39, 0.29) is 5.84 Å². The highest BCUT2D eigenvalue weighted by Crippen LogP contribution is 2.07. The molecular weight excluding hydrogens is 308 g/mol. The number of nitrogens with two attached hydrogens (primary N) is 1. The van der Waals surface area contributed by atoms with Gasteiger partial charge in [0.15, 0.2) is 5.84 Å². The molecule has 0 fully saturated rings. The van der Waals surface area contributed by atoms with Crippen molar-refractivity contribution in [3.63, 3.8) is 0 Å². The fourth-order valence-corrected chi connectivity index (χ4v) is 1.69. The molecule has 2 rings (SSSR count). The number of hydrogen-bond donors (Lipinski definition) is 1. The number of rotatable bonds is 4. The predicted molar refractivity (Wildman–Crippen MR) is 91.7 cm³/mol. The summed E-state index contributed by atoms with van der Waals surface area (Å²) in [4.78, 5) is 28.0. The normalized spacial score (nSPS) is 10.2. The molecule has 0 aliphatic carbocycles. The minimum atomic E-state index is -0.618. The van der Waals surface area contributed by atoms with Crippen molar-refractivity contribution >= 4 is 17.8 Å². The van der Waals surface area contributed by atoms with E-state index in [2.05, 4.69) is 9.89 Å². The van der Waals surface area contributed by atoms with Crippen LogP contribution in [-0.2, 0) is 9.57 Å². The van der Waals surface area contributed by atoms with Crippen LogP contribution in [0.5, 0.6) is 0 Å². The lowest BCUT2D eigenvalue weighted by atomic mass is 10.1. The van der Waals surface area contributed by atoms with E-state index in [1.54, 1.807) is 48.5 Å². The van der Waals surface area contributed by atoms with Gasteiger partial charge in [0.25, 0.3) is 0 Å². The second-order valence-corrected chi connectivity index (χ2v) is 4.29. The first-order chi connectivity index (χ1) is 11.6. The van der Waals surface area contributed by atoms with Crippen molar-refractivity contribution in [3.05, 3.63) is 71.3 Å². The van der Waals surface area contributed by atoms with E-state index in [0.717, 1.165) is 0 Å². The molecule has 2 aromatic rings. The number of ether oxygens (including phenoxy) is 1. The zero-order valence-electron chi connectivity index (χ0n) is 13.9. The van der Waals surface area contributed by atoms with Gasteiger partial charge in [0, 0.05) is 5.56 Å².